The van der Waals surface area contributed by atoms with Gasteiger partial charge >= 0.3 is 0 Å². The van der Waals surface area contributed by atoms with Crippen LogP contribution in [0.1, 0.15) is 42.1 Å². The summed E-state index contributed by atoms with van der Waals surface area (Å²) >= 11 is 1.48. The molecule has 3 heterocycles. The van der Waals surface area contributed by atoms with E-state index in [-0.39, 0.29) is 11.9 Å². The average molecular weight is 403 g/mol. The number of hydrogen-bond acceptors (Lipinski definition) is 7. The highest BCUT2D eigenvalue weighted by Crippen LogP contribution is 2.44. The van der Waals surface area contributed by atoms with Crippen molar-refractivity contribution in [1.29, 1.82) is 0 Å². The van der Waals surface area contributed by atoms with Crippen LogP contribution in [0.2, 0.25) is 0 Å². The molecule has 0 bridgehead atoms. The number of ether oxygens (including phenoxy) is 2. The largest absolute Gasteiger partial charge is 0.497 e. The fourth-order valence-electron chi connectivity index (χ4n) is 4.04. The maximum Gasteiger partial charge on any atom is 0.230 e. The summed E-state index contributed by atoms with van der Waals surface area (Å²) in [7, 11) is 3.33. The number of likely N-dealkylation sites (tertiary alicyclic amines) is 1. The number of aryl methyl sites for hydroxylation is 1. The van der Waals surface area contributed by atoms with Gasteiger partial charge in [-0.3, -0.25) is 4.90 Å². The van der Waals surface area contributed by atoms with Gasteiger partial charge in [-0.25, -0.2) is 4.98 Å². The summed E-state index contributed by atoms with van der Waals surface area (Å²) in [5.41, 5.74) is 0.979. The molecular weight excluding hydrogens is 376 g/mol. The van der Waals surface area contributed by atoms with E-state index in [0.717, 1.165) is 41.4 Å². The highest BCUT2D eigenvalue weighted by Gasteiger charge is 2.33. The Kier molecular flexibility index (Phi) is 5.16. The van der Waals surface area contributed by atoms with Crippen LogP contribution in [0, 0.1) is 12.8 Å². The number of nitrogens with zero attached hydrogens (tertiary/aromatic N) is 4. The first-order valence-electron chi connectivity index (χ1n) is 9.52. The van der Waals surface area contributed by atoms with Crippen molar-refractivity contribution in [2.24, 2.45) is 5.92 Å². The van der Waals surface area contributed by atoms with Gasteiger partial charge in [0.05, 0.1) is 25.1 Å². The molecule has 1 aliphatic heterocycles. The zero-order chi connectivity index (χ0) is 19.8. The fraction of sp³-hybridized carbons (Fsp3) is 0.500. The van der Waals surface area contributed by atoms with Crippen LogP contribution in [0.15, 0.2) is 18.2 Å². The van der Waals surface area contributed by atoms with Gasteiger partial charge in [-0.2, -0.15) is 4.52 Å². The summed E-state index contributed by atoms with van der Waals surface area (Å²) in [6.07, 6.45) is 2.35. The smallest absolute Gasteiger partial charge is 0.230 e. The molecule has 2 atom stereocenters. The average Bonchev–Trinajstić information content (AvgIpc) is 3.19. The van der Waals surface area contributed by atoms with Gasteiger partial charge in [-0.15, -0.1) is 5.10 Å². The summed E-state index contributed by atoms with van der Waals surface area (Å²) < 4.78 is 12.7. The fourth-order valence-corrected chi connectivity index (χ4v) is 5.20. The molecule has 150 valence electrons. The van der Waals surface area contributed by atoms with E-state index in [0.29, 0.717) is 16.7 Å². The normalized spacial score (nSPS) is 19.1. The third-order valence-electron chi connectivity index (χ3n) is 5.34. The van der Waals surface area contributed by atoms with E-state index in [9.17, 15) is 5.11 Å². The van der Waals surface area contributed by atoms with E-state index in [1.807, 2.05) is 25.1 Å². The van der Waals surface area contributed by atoms with Crippen LogP contribution < -0.4 is 9.47 Å². The lowest BCUT2D eigenvalue weighted by molar-refractivity contribution is 0.147. The molecule has 0 spiro atoms. The second-order valence-corrected chi connectivity index (χ2v) is 8.41. The molecule has 3 aromatic rings. The molecule has 4 rings (SSSR count). The number of thiazole rings is 1. The Hall–Kier alpha value is -2.32. The van der Waals surface area contributed by atoms with Gasteiger partial charge in [-0.05, 0) is 50.4 Å². The third kappa shape index (κ3) is 3.31. The zero-order valence-corrected chi connectivity index (χ0v) is 17.5. The zero-order valence-electron chi connectivity index (χ0n) is 16.7. The minimum atomic E-state index is -0.151. The maximum atomic E-state index is 11.0. The molecule has 1 aliphatic rings. The summed E-state index contributed by atoms with van der Waals surface area (Å²) in [6.45, 7) is 6.02. The molecule has 7 nitrogen and oxygen atoms in total. The minimum Gasteiger partial charge on any atom is -0.497 e. The van der Waals surface area contributed by atoms with E-state index in [2.05, 4.69) is 21.9 Å². The van der Waals surface area contributed by atoms with Gasteiger partial charge in [0, 0.05) is 12.1 Å². The first-order valence-corrected chi connectivity index (χ1v) is 10.3. The van der Waals surface area contributed by atoms with Crippen LogP contribution in [0.25, 0.3) is 4.96 Å². The molecule has 0 saturated carbocycles. The highest BCUT2D eigenvalue weighted by molar-refractivity contribution is 7.17. The Bertz CT molecular complexity index is 983. The number of aromatic hydroxyl groups is 1. The first kappa shape index (κ1) is 19.0. The number of fused-ring (bicyclic) bond motifs is 1. The van der Waals surface area contributed by atoms with Gasteiger partial charge < -0.3 is 14.6 Å². The van der Waals surface area contributed by atoms with Crippen molar-refractivity contribution in [2.75, 3.05) is 27.3 Å². The molecule has 28 heavy (non-hydrogen) atoms. The van der Waals surface area contributed by atoms with Crippen LogP contribution in [0.4, 0.5) is 0 Å². The van der Waals surface area contributed by atoms with Crippen molar-refractivity contribution in [3.8, 4) is 17.4 Å². The minimum absolute atomic E-state index is 0.147. The lowest BCUT2D eigenvalue weighted by atomic mass is 9.95. The SMILES string of the molecule is COc1ccc(OC)c([C@@H](c2sc3nc(C)nn3c2O)N2CCC[C@H](C)C2)c1. The van der Waals surface area contributed by atoms with E-state index < -0.39 is 0 Å². The lowest BCUT2D eigenvalue weighted by Gasteiger charge is -2.37. The highest BCUT2D eigenvalue weighted by atomic mass is 32.1. The van der Waals surface area contributed by atoms with Crippen LogP contribution in [-0.4, -0.2) is 51.9 Å². The molecular formula is C20H26N4O3S. The lowest BCUT2D eigenvalue weighted by Crippen LogP contribution is -2.37. The summed E-state index contributed by atoms with van der Waals surface area (Å²) in [5, 5.41) is 15.3. The Morgan fingerprint density at radius 1 is 1.29 bits per heavy atom. The van der Waals surface area contributed by atoms with E-state index >= 15 is 0 Å². The van der Waals surface area contributed by atoms with Crippen LogP contribution in [0.5, 0.6) is 17.4 Å². The molecule has 1 fully saturated rings. The molecule has 0 radical (unpaired) electrons. The van der Waals surface area contributed by atoms with Crippen molar-refractivity contribution in [3.05, 3.63) is 34.5 Å². The number of aromatic nitrogens is 3. The topological polar surface area (TPSA) is 72.1 Å². The van der Waals surface area contributed by atoms with Gasteiger partial charge in [0.15, 0.2) is 0 Å². The maximum absolute atomic E-state index is 11.0. The molecule has 1 saturated heterocycles. The molecule has 0 unspecified atom stereocenters. The van der Waals surface area contributed by atoms with Crippen LogP contribution >= 0.6 is 11.3 Å². The Morgan fingerprint density at radius 2 is 2.11 bits per heavy atom. The molecule has 1 N–H and O–H groups in total. The van der Waals surface area contributed by atoms with Crippen molar-refractivity contribution in [3.63, 3.8) is 0 Å². The Balaban J connectivity index is 1.89. The number of methoxy groups -OCH3 is 2. The Labute approximate surface area is 168 Å². The second kappa shape index (κ2) is 7.60. The van der Waals surface area contributed by atoms with E-state index in [1.165, 1.54) is 22.3 Å². The van der Waals surface area contributed by atoms with Crippen LogP contribution in [0.3, 0.4) is 0 Å². The molecule has 2 aromatic heterocycles. The first-order chi connectivity index (χ1) is 13.5. The van der Waals surface area contributed by atoms with Crippen molar-refractivity contribution >= 4 is 16.3 Å². The predicted molar refractivity (Wildman–Crippen MR) is 109 cm³/mol. The summed E-state index contributed by atoms with van der Waals surface area (Å²) in [4.78, 5) is 8.39. The van der Waals surface area contributed by atoms with Crippen molar-refractivity contribution in [2.45, 2.75) is 32.7 Å². The third-order valence-corrected chi connectivity index (χ3v) is 6.41. The number of rotatable bonds is 5. The molecule has 8 heteroatoms. The standard InChI is InChI=1S/C20H26N4O3S/c1-12-6-5-9-23(11-12)17(15-10-14(26-3)7-8-16(15)27-4)18-19(25)24-20(28-18)21-13(2)22-24/h7-8,10,12,17,25H,5-6,9,11H2,1-4H3/t12-,17-/m0/s1. The predicted octanol–water partition coefficient (Wildman–Crippen LogP) is 3.64. The second-order valence-electron chi connectivity index (χ2n) is 7.40. The van der Waals surface area contributed by atoms with Gasteiger partial charge in [0.1, 0.15) is 17.3 Å². The molecule has 1 aromatic carbocycles. The van der Waals surface area contributed by atoms with E-state index in [1.54, 1.807) is 14.2 Å². The molecule has 0 aliphatic carbocycles. The van der Waals surface area contributed by atoms with Crippen molar-refractivity contribution < 1.29 is 14.6 Å². The van der Waals surface area contributed by atoms with E-state index in [4.69, 9.17) is 9.47 Å². The van der Waals surface area contributed by atoms with Crippen LogP contribution in [-0.2, 0) is 0 Å². The number of piperidine rings is 1. The number of benzene rings is 1. The van der Waals surface area contributed by atoms with Gasteiger partial charge in [0.2, 0.25) is 10.8 Å². The quantitative estimate of drug-likeness (QED) is 0.702. The monoisotopic (exact) mass is 402 g/mol. The van der Waals surface area contributed by atoms with Gasteiger partial charge in [0.25, 0.3) is 0 Å². The summed E-state index contributed by atoms with van der Waals surface area (Å²) in [6, 6.07) is 5.67. The Morgan fingerprint density at radius 3 is 2.79 bits per heavy atom. The summed E-state index contributed by atoms with van der Waals surface area (Å²) in [5.74, 6) is 2.93. The van der Waals surface area contributed by atoms with Gasteiger partial charge in [-0.1, -0.05) is 18.3 Å². The molecule has 0 amide bonds. The van der Waals surface area contributed by atoms with Crippen molar-refractivity contribution in [1.82, 2.24) is 19.5 Å². The number of hydrogen-bond donors (Lipinski definition) is 1.